The number of benzene rings is 1. The predicted octanol–water partition coefficient (Wildman–Crippen LogP) is 5.07. The second-order valence-corrected chi connectivity index (χ2v) is 9.34. The number of amides is 1. The fourth-order valence-electron chi connectivity index (χ4n) is 1.88. The van der Waals surface area contributed by atoms with Crippen molar-refractivity contribution in [1.29, 1.82) is 0 Å². The molecule has 0 radical (unpaired) electrons. The molecule has 0 aliphatic rings. The first-order valence-corrected chi connectivity index (χ1v) is 9.76. The molecule has 6 heteroatoms. The van der Waals surface area contributed by atoms with Gasteiger partial charge in [0.15, 0.2) is 5.13 Å². The molecular weight excluding hydrogens is 340 g/mol. The molecule has 1 aromatic heterocycles. The highest BCUT2D eigenvalue weighted by Crippen LogP contribution is 2.27. The first kappa shape index (κ1) is 18.8. The van der Waals surface area contributed by atoms with E-state index in [-0.39, 0.29) is 16.8 Å². The molecule has 0 saturated heterocycles. The van der Waals surface area contributed by atoms with Crippen LogP contribution in [0.25, 0.3) is 11.3 Å². The van der Waals surface area contributed by atoms with E-state index >= 15 is 0 Å². The van der Waals surface area contributed by atoms with Crippen LogP contribution >= 0.6 is 23.1 Å². The predicted molar refractivity (Wildman–Crippen MR) is 104 cm³/mol. The minimum atomic E-state index is -0.0171. The van der Waals surface area contributed by atoms with E-state index in [1.54, 1.807) is 11.8 Å². The number of carbonyl (C=O) groups is 1. The summed E-state index contributed by atoms with van der Waals surface area (Å²) in [6.07, 6.45) is 0.155. The van der Waals surface area contributed by atoms with Crippen molar-refractivity contribution in [2.24, 2.45) is 0 Å². The molecule has 1 N–H and O–H groups in total. The van der Waals surface area contributed by atoms with Crippen molar-refractivity contribution in [3.05, 3.63) is 29.6 Å². The van der Waals surface area contributed by atoms with Gasteiger partial charge in [0.2, 0.25) is 5.91 Å². The molecule has 0 unspecified atom stereocenters. The molecule has 0 atom stereocenters. The lowest BCUT2D eigenvalue weighted by Crippen LogP contribution is -2.18. The number of aromatic nitrogens is 1. The van der Waals surface area contributed by atoms with Gasteiger partial charge in [0.05, 0.1) is 17.6 Å². The standard InChI is InChI=1S/C18H24N2O2S2/c1-12(2)22-14-8-6-13(7-9-14)15-10-23-17(19-15)20-16(21)11-24-18(3,4)5/h6-10,12H,11H2,1-5H3,(H,19,20,21). The van der Waals surface area contributed by atoms with E-state index in [0.717, 1.165) is 17.0 Å². The Morgan fingerprint density at radius 1 is 1.29 bits per heavy atom. The summed E-state index contributed by atoms with van der Waals surface area (Å²) in [5.74, 6) is 1.26. The zero-order valence-corrected chi connectivity index (χ0v) is 16.4. The molecule has 0 aliphatic carbocycles. The number of ether oxygens (including phenoxy) is 1. The zero-order chi connectivity index (χ0) is 17.7. The van der Waals surface area contributed by atoms with E-state index in [2.05, 4.69) is 31.1 Å². The molecule has 0 bridgehead atoms. The van der Waals surface area contributed by atoms with Crippen molar-refractivity contribution in [2.45, 2.75) is 45.5 Å². The van der Waals surface area contributed by atoms with Gasteiger partial charge in [-0.2, -0.15) is 0 Å². The van der Waals surface area contributed by atoms with Crippen LogP contribution in [-0.2, 0) is 4.79 Å². The van der Waals surface area contributed by atoms with Crippen LogP contribution in [0.15, 0.2) is 29.6 Å². The van der Waals surface area contributed by atoms with Gasteiger partial charge in [-0.3, -0.25) is 4.79 Å². The molecule has 0 aliphatic heterocycles. The number of nitrogens with zero attached hydrogens (tertiary/aromatic N) is 1. The third-order valence-corrected chi connectivity index (χ3v) is 4.94. The third-order valence-electron chi connectivity index (χ3n) is 2.91. The van der Waals surface area contributed by atoms with Crippen LogP contribution in [0, 0.1) is 0 Å². The van der Waals surface area contributed by atoms with Crippen LogP contribution in [0.3, 0.4) is 0 Å². The molecule has 1 amide bonds. The van der Waals surface area contributed by atoms with Gasteiger partial charge in [-0.05, 0) is 38.1 Å². The number of thioether (sulfide) groups is 1. The van der Waals surface area contributed by atoms with Crippen LogP contribution in [0.4, 0.5) is 5.13 Å². The number of rotatable bonds is 6. The molecule has 130 valence electrons. The first-order valence-electron chi connectivity index (χ1n) is 7.89. The minimum absolute atomic E-state index is 0.0171. The zero-order valence-electron chi connectivity index (χ0n) is 14.8. The Morgan fingerprint density at radius 3 is 2.54 bits per heavy atom. The number of carbonyl (C=O) groups excluding carboxylic acids is 1. The van der Waals surface area contributed by atoms with E-state index < -0.39 is 0 Å². The smallest absolute Gasteiger partial charge is 0.236 e. The number of anilines is 1. The van der Waals surface area contributed by atoms with Crippen molar-refractivity contribution >= 4 is 34.1 Å². The molecule has 24 heavy (non-hydrogen) atoms. The van der Waals surface area contributed by atoms with E-state index in [1.165, 1.54) is 11.3 Å². The van der Waals surface area contributed by atoms with E-state index in [9.17, 15) is 4.79 Å². The Balaban J connectivity index is 1.96. The van der Waals surface area contributed by atoms with Crippen LogP contribution in [0.1, 0.15) is 34.6 Å². The van der Waals surface area contributed by atoms with Gasteiger partial charge in [-0.1, -0.05) is 20.8 Å². The Kier molecular flexibility index (Phi) is 6.29. The average molecular weight is 365 g/mol. The average Bonchev–Trinajstić information content (AvgIpc) is 2.93. The number of nitrogens with one attached hydrogen (secondary N) is 1. The van der Waals surface area contributed by atoms with E-state index in [0.29, 0.717) is 10.9 Å². The molecule has 1 heterocycles. The van der Waals surface area contributed by atoms with Gasteiger partial charge in [-0.15, -0.1) is 23.1 Å². The van der Waals surface area contributed by atoms with E-state index in [4.69, 9.17) is 4.74 Å². The Bertz CT molecular complexity index is 673. The highest BCUT2D eigenvalue weighted by atomic mass is 32.2. The summed E-state index contributed by atoms with van der Waals surface area (Å²) in [7, 11) is 0. The van der Waals surface area contributed by atoms with Crippen LogP contribution in [0.2, 0.25) is 0 Å². The summed E-state index contributed by atoms with van der Waals surface area (Å²) in [5.41, 5.74) is 1.86. The number of hydrogen-bond acceptors (Lipinski definition) is 5. The highest BCUT2D eigenvalue weighted by molar-refractivity contribution is 8.01. The fourth-order valence-corrected chi connectivity index (χ4v) is 3.25. The normalized spacial score (nSPS) is 11.6. The van der Waals surface area contributed by atoms with Crippen LogP contribution < -0.4 is 10.1 Å². The summed E-state index contributed by atoms with van der Waals surface area (Å²) in [4.78, 5) is 16.5. The van der Waals surface area contributed by atoms with Gasteiger partial charge in [-0.25, -0.2) is 4.98 Å². The van der Waals surface area contributed by atoms with Gasteiger partial charge in [0.1, 0.15) is 5.75 Å². The number of thiazole rings is 1. The van der Waals surface area contributed by atoms with Crippen molar-refractivity contribution in [3.63, 3.8) is 0 Å². The molecule has 4 nitrogen and oxygen atoms in total. The molecule has 2 rings (SSSR count). The summed E-state index contributed by atoms with van der Waals surface area (Å²) in [6, 6.07) is 7.83. The van der Waals surface area contributed by atoms with Crippen molar-refractivity contribution < 1.29 is 9.53 Å². The van der Waals surface area contributed by atoms with Gasteiger partial charge in [0, 0.05) is 15.7 Å². The largest absolute Gasteiger partial charge is 0.491 e. The molecule has 2 aromatic rings. The minimum Gasteiger partial charge on any atom is -0.491 e. The SMILES string of the molecule is CC(C)Oc1ccc(-c2csc(NC(=O)CSC(C)(C)C)n2)cc1. The summed E-state index contributed by atoms with van der Waals surface area (Å²) >= 11 is 3.06. The van der Waals surface area contributed by atoms with Crippen molar-refractivity contribution in [2.75, 3.05) is 11.1 Å². The van der Waals surface area contributed by atoms with Gasteiger partial charge in [0.25, 0.3) is 0 Å². The maximum absolute atomic E-state index is 12.0. The summed E-state index contributed by atoms with van der Waals surface area (Å²) in [6.45, 7) is 10.3. The van der Waals surface area contributed by atoms with Crippen LogP contribution in [-0.4, -0.2) is 27.5 Å². The lowest BCUT2D eigenvalue weighted by atomic mass is 10.2. The van der Waals surface area contributed by atoms with E-state index in [1.807, 2.05) is 43.5 Å². The maximum Gasteiger partial charge on any atom is 0.236 e. The van der Waals surface area contributed by atoms with Crippen molar-refractivity contribution in [1.82, 2.24) is 4.98 Å². The summed E-state index contributed by atoms with van der Waals surface area (Å²) < 4.78 is 5.71. The molecule has 0 fully saturated rings. The molecular formula is C18H24N2O2S2. The third kappa shape index (κ3) is 6.17. The van der Waals surface area contributed by atoms with Gasteiger partial charge < -0.3 is 10.1 Å². The fraction of sp³-hybridized carbons (Fsp3) is 0.444. The van der Waals surface area contributed by atoms with Crippen molar-refractivity contribution in [3.8, 4) is 17.0 Å². The summed E-state index contributed by atoms with van der Waals surface area (Å²) in [5, 5.41) is 5.45. The Morgan fingerprint density at radius 2 is 1.96 bits per heavy atom. The van der Waals surface area contributed by atoms with Gasteiger partial charge >= 0.3 is 0 Å². The second kappa shape index (κ2) is 8.03. The lowest BCUT2D eigenvalue weighted by Gasteiger charge is -2.16. The maximum atomic E-state index is 12.0. The second-order valence-electron chi connectivity index (χ2n) is 6.68. The molecule has 1 aromatic carbocycles. The molecule has 0 spiro atoms. The lowest BCUT2D eigenvalue weighted by molar-refractivity contribution is -0.113. The highest BCUT2D eigenvalue weighted by Gasteiger charge is 2.14. The molecule has 0 saturated carbocycles. The van der Waals surface area contributed by atoms with Crippen LogP contribution in [0.5, 0.6) is 5.75 Å². The monoisotopic (exact) mass is 364 g/mol. The first-order chi connectivity index (χ1) is 11.2. The number of hydrogen-bond donors (Lipinski definition) is 1. The quantitative estimate of drug-likeness (QED) is 0.778. The topological polar surface area (TPSA) is 51.2 Å². The Labute approximate surface area is 152 Å². The Hall–Kier alpha value is -1.53.